The highest BCUT2D eigenvalue weighted by molar-refractivity contribution is 14.1. The van der Waals surface area contributed by atoms with Crippen molar-refractivity contribution in [3.05, 3.63) is 0 Å². The van der Waals surface area contributed by atoms with Crippen LogP contribution in [0.25, 0.3) is 0 Å². The second kappa shape index (κ2) is 4.99. The molecule has 5 heteroatoms. The number of carbonyl (C=O) groups is 1. The number of amides is 1. The minimum atomic E-state index is -0.590. The molecule has 2 N–H and O–H groups in total. The van der Waals surface area contributed by atoms with Crippen LogP contribution < -0.4 is 5.32 Å². The summed E-state index contributed by atoms with van der Waals surface area (Å²) in [6, 6.07) is 0. The van der Waals surface area contributed by atoms with Crippen molar-refractivity contribution in [2.24, 2.45) is 0 Å². The summed E-state index contributed by atoms with van der Waals surface area (Å²) in [5.41, 5.74) is -0.501. The van der Waals surface area contributed by atoms with Gasteiger partial charge in [0.15, 0.2) is 0 Å². The minimum absolute atomic E-state index is 0.326. The average molecular weight is 301 g/mol. The molecule has 0 radical (unpaired) electrons. The van der Waals surface area contributed by atoms with Gasteiger partial charge in [0.1, 0.15) is 9.65 Å². The Kier molecular flexibility index (Phi) is 4.98. The molecule has 2 unspecified atom stereocenters. The van der Waals surface area contributed by atoms with Crippen LogP contribution in [0.5, 0.6) is 0 Å². The molecule has 1 amide bonds. The van der Waals surface area contributed by atoms with Crippen molar-refractivity contribution in [2.45, 2.75) is 43.4 Å². The van der Waals surface area contributed by atoms with Gasteiger partial charge in [0.25, 0.3) is 0 Å². The Labute approximate surface area is 92.2 Å². The second-order valence-corrected chi connectivity index (χ2v) is 5.13. The van der Waals surface area contributed by atoms with Gasteiger partial charge in [0.05, 0.1) is 6.10 Å². The Morgan fingerprint density at radius 3 is 2.31 bits per heavy atom. The molecule has 0 aliphatic carbocycles. The van der Waals surface area contributed by atoms with E-state index in [0.717, 1.165) is 0 Å². The van der Waals surface area contributed by atoms with Crippen LogP contribution in [0, 0.1) is 0 Å². The molecule has 13 heavy (non-hydrogen) atoms. The van der Waals surface area contributed by atoms with E-state index in [1.54, 1.807) is 27.7 Å². The molecule has 78 valence electrons. The summed E-state index contributed by atoms with van der Waals surface area (Å²) in [6.07, 6.45) is -1.10. The fourth-order valence-corrected chi connectivity index (χ4v) is 0.795. The van der Waals surface area contributed by atoms with Gasteiger partial charge in [0.2, 0.25) is 0 Å². The molecule has 0 aromatic carbocycles. The van der Waals surface area contributed by atoms with Crippen LogP contribution in [0.15, 0.2) is 0 Å². The Bertz CT molecular complexity index is 177. The van der Waals surface area contributed by atoms with Gasteiger partial charge in [-0.1, -0.05) is 22.6 Å². The number of carbonyl (C=O) groups excluding carboxylic acids is 1. The lowest BCUT2D eigenvalue weighted by atomic mass is 10.2. The van der Waals surface area contributed by atoms with Crippen molar-refractivity contribution >= 4 is 28.7 Å². The number of halogens is 1. The van der Waals surface area contributed by atoms with Crippen molar-refractivity contribution in [1.29, 1.82) is 0 Å². The first kappa shape index (κ1) is 13.0. The van der Waals surface area contributed by atoms with E-state index in [2.05, 4.69) is 5.32 Å². The molecular weight excluding hydrogens is 285 g/mol. The van der Waals surface area contributed by atoms with E-state index in [4.69, 9.17) is 9.84 Å². The summed E-state index contributed by atoms with van der Waals surface area (Å²) in [4.78, 5) is 11.1. The minimum Gasteiger partial charge on any atom is -0.444 e. The van der Waals surface area contributed by atoms with Crippen LogP contribution >= 0.6 is 22.6 Å². The van der Waals surface area contributed by atoms with Gasteiger partial charge in [0, 0.05) is 0 Å². The lowest BCUT2D eigenvalue weighted by Gasteiger charge is -2.22. The van der Waals surface area contributed by atoms with E-state index in [1.807, 2.05) is 22.6 Å². The Hall–Kier alpha value is -0.0400. The molecule has 0 aliphatic heterocycles. The van der Waals surface area contributed by atoms with Gasteiger partial charge in [-0.25, -0.2) is 4.79 Å². The van der Waals surface area contributed by atoms with E-state index in [9.17, 15) is 4.79 Å². The van der Waals surface area contributed by atoms with Gasteiger partial charge in [-0.05, 0) is 27.7 Å². The number of hydrogen-bond donors (Lipinski definition) is 2. The zero-order valence-corrected chi connectivity index (χ0v) is 10.5. The topological polar surface area (TPSA) is 58.6 Å². The molecule has 0 aliphatic rings. The summed E-state index contributed by atoms with van der Waals surface area (Å²) >= 11 is 1.94. The van der Waals surface area contributed by atoms with Crippen LogP contribution in [0.2, 0.25) is 0 Å². The smallest absolute Gasteiger partial charge is 0.408 e. The van der Waals surface area contributed by atoms with Crippen LogP contribution in [0.4, 0.5) is 4.79 Å². The third-order valence-corrected chi connectivity index (χ3v) is 2.43. The maximum Gasteiger partial charge on any atom is 0.408 e. The predicted octanol–water partition coefficient (Wildman–Crippen LogP) is 1.65. The molecule has 0 saturated carbocycles. The van der Waals surface area contributed by atoms with E-state index in [0.29, 0.717) is 0 Å². The number of alkyl halides is 1. The van der Waals surface area contributed by atoms with Gasteiger partial charge in [-0.15, -0.1) is 0 Å². The summed E-state index contributed by atoms with van der Waals surface area (Å²) < 4.78 is 4.67. The van der Waals surface area contributed by atoms with E-state index in [1.165, 1.54) is 0 Å². The highest BCUT2D eigenvalue weighted by atomic mass is 127. The first-order chi connectivity index (χ1) is 5.72. The summed E-state index contributed by atoms with van der Waals surface area (Å²) in [6.45, 7) is 6.97. The molecule has 0 spiro atoms. The third-order valence-electron chi connectivity index (χ3n) is 1.08. The number of nitrogens with one attached hydrogen (secondary N) is 1. The number of ether oxygens (including phenoxy) is 1. The zero-order valence-electron chi connectivity index (χ0n) is 8.30. The van der Waals surface area contributed by atoms with Crippen molar-refractivity contribution in [3.63, 3.8) is 0 Å². The predicted molar refractivity (Wildman–Crippen MR) is 58.9 cm³/mol. The Morgan fingerprint density at radius 2 is 2.00 bits per heavy atom. The molecule has 0 fully saturated rings. The highest BCUT2D eigenvalue weighted by Gasteiger charge is 2.19. The van der Waals surface area contributed by atoms with Crippen molar-refractivity contribution in [2.75, 3.05) is 0 Å². The monoisotopic (exact) mass is 301 g/mol. The summed E-state index contributed by atoms with van der Waals surface area (Å²) in [5.74, 6) is 0. The summed E-state index contributed by atoms with van der Waals surface area (Å²) in [7, 11) is 0. The Balaban J connectivity index is 3.89. The summed E-state index contributed by atoms with van der Waals surface area (Å²) in [5, 5.41) is 11.6. The molecule has 0 aromatic heterocycles. The van der Waals surface area contributed by atoms with Crippen molar-refractivity contribution < 1.29 is 14.6 Å². The maximum atomic E-state index is 11.1. The van der Waals surface area contributed by atoms with E-state index >= 15 is 0 Å². The first-order valence-corrected chi connectivity index (χ1v) is 5.28. The number of aliphatic hydroxyl groups is 1. The molecule has 2 atom stereocenters. The fourth-order valence-electron chi connectivity index (χ4n) is 0.541. The van der Waals surface area contributed by atoms with Crippen LogP contribution in [-0.4, -0.2) is 27.0 Å². The number of aliphatic hydroxyl groups excluding tert-OH is 1. The second-order valence-electron chi connectivity index (χ2n) is 3.79. The van der Waals surface area contributed by atoms with Crippen molar-refractivity contribution in [1.82, 2.24) is 5.32 Å². The van der Waals surface area contributed by atoms with Crippen molar-refractivity contribution in [3.8, 4) is 0 Å². The lowest BCUT2D eigenvalue weighted by Crippen LogP contribution is -2.40. The number of hydrogen-bond acceptors (Lipinski definition) is 3. The standard InChI is InChI=1S/C8H16INO3/c1-5(11)6(9)10-7(12)13-8(2,3)4/h5-6,11H,1-4H3,(H,10,12). The third kappa shape index (κ3) is 7.06. The molecule has 0 heterocycles. The molecular formula is C8H16INO3. The van der Waals surface area contributed by atoms with Crippen LogP contribution in [-0.2, 0) is 4.74 Å². The van der Waals surface area contributed by atoms with Gasteiger partial charge >= 0.3 is 6.09 Å². The van der Waals surface area contributed by atoms with Crippen LogP contribution in [0.3, 0.4) is 0 Å². The molecule has 0 bridgehead atoms. The number of alkyl carbamates (subject to hydrolysis) is 1. The number of rotatable bonds is 2. The average Bonchev–Trinajstić information content (AvgIpc) is 1.81. The van der Waals surface area contributed by atoms with Gasteiger partial charge in [-0.3, -0.25) is 0 Å². The van der Waals surface area contributed by atoms with Crippen LogP contribution in [0.1, 0.15) is 27.7 Å². The molecule has 4 nitrogen and oxygen atoms in total. The van der Waals surface area contributed by atoms with Gasteiger partial charge in [-0.2, -0.15) is 0 Å². The van der Waals surface area contributed by atoms with E-state index < -0.39 is 17.8 Å². The largest absolute Gasteiger partial charge is 0.444 e. The fraction of sp³-hybridized carbons (Fsp3) is 0.875. The molecule has 0 rings (SSSR count). The van der Waals surface area contributed by atoms with Gasteiger partial charge < -0.3 is 15.2 Å². The SMILES string of the molecule is CC(O)C(I)NC(=O)OC(C)(C)C. The molecule has 0 saturated heterocycles. The zero-order chi connectivity index (χ0) is 10.6. The maximum absolute atomic E-state index is 11.1. The Morgan fingerprint density at radius 1 is 1.54 bits per heavy atom. The molecule has 0 aromatic rings. The first-order valence-electron chi connectivity index (χ1n) is 4.04. The normalized spacial score (nSPS) is 16.2. The lowest BCUT2D eigenvalue weighted by molar-refractivity contribution is 0.0490. The quantitative estimate of drug-likeness (QED) is 0.463. The van der Waals surface area contributed by atoms with E-state index in [-0.39, 0.29) is 4.05 Å². The highest BCUT2D eigenvalue weighted by Crippen LogP contribution is 2.08.